The van der Waals surface area contributed by atoms with Gasteiger partial charge in [0.05, 0.1) is 17.3 Å². The number of carboxylic acids is 1. The number of aromatic nitrogens is 2. The van der Waals surface area contributed by atoms with Gasteiger partial charge in [0.1, 0.15) is 0 Å². The third kappa shape index (κ3) is 3.47. The van der Waals surface area contributed by atoms with E-state index >= 15 is 0 Å². The minimum Gasteiger partial charge on any atom is -0.481 e. The number of hydrogen-bond donors (Lipinski definition) is 1. The van der Waals surface area contributed by atoms with Gasteiger partial charge in [0, 0.05) is 22.8 Å². The van der Waals surface area contributed by atoms with Crippen LogP contribution in [0.25, 0.3) is 5.69 Å². The quantitative estimate of drug-likeness (QED) is 0.920. The molecule has 1 N–H and O–H groups in total. The van der Waals surface area contributed by atoms with Gasteiger partial charge in [-0.1, -0.05) is 11.6 Å². The highest BCUT2D eigenvalue weighted by atomic mass is 35.5. The second-order valence-corrected chi connectivity index (χ2v) is 6.86. The minimum absolute atomic E-state index is 0.194. The highest BCUT2D eigenvalue weighted by molar-refractivity contribution is 6.30. The third-order valence-corrected chi connectivity index (χ3v) is 5.08. The maximum Gasteiger partial charge on any atom is 0.306 e. The van der Waals surface area contributed by atoms with Gasteiger partial charge < -0.3 is 5.11 Å². The Kier molecular flexibility index (Phi) is 4.92. The van der Waals surface area contributed by atoms with Crippen LogP contribution in [0.15, 0.2) is 24.3 Å². The number of aryl methyl sites for hydroxylation is 1. The molecular weight excluding hydrogens is 326 g/mol. The van der Waals surface area contributed by atoms with Crippen LogP contribution in [-0.4, -0.2) is 38.8 Å². The van der Waals surface area contributed by atoms with E-state index in [4.69, 9.17) is 16.7 Å². The zero-order valence-corrected chi connectivity index (χ0v) is 14.8. The van der Waals surface area contributed by atoms with Crippen molar-refractivity contribution < 1.29 is 9.90 Å². The average Bonchev–Trinajstić information content (AvgIpc) is 2.84. The fraction of sp³-hybridized carbons (Fsp3) is 0.444. The second kappa shape index (κ2) is 6.95. The fourth-order valence-electron chi connectivity index (χ4n) is 3.30. The summed E-state index contributed by atoms with van der Waals surface area (Å²) in [6.45, 7) is 6.56. The molecule has 0 atom stereocenters. The first-order chi connectivity index (χ1) is 11.5. The van der Waals surface area contributed by atoms with Gasteiger partial charge in [0.15, 0.2) is 0 Å². The Morgan fingerprint density at radius 1 is 1.25 bits per heavy atom. The monoisotopic (exact) mass is 347 g/mol. The molecule has 0 radical (unpaired) electrons. The van der Waals surface area contributed by atoms with Crippen LogP contribution in [0.1, 0.15) is 29.8 Å². The SMILES string of the molecule is Cc1nn(-c2ccc(Cl)cc2)c(C)c1CN1CCC(C(=O)O)CC1. The van der Waals surface area contributed by atoms with E-state index in [1.54, 1.807) is 0 Å². The van der Waals surface area contributed by atoms with E-state index in [-0.39, 0.29) is 5.92 Å². The summed E-state index contributed by atoms with van der Waals surface area (Å²) in [6, 6.07) is 7.65. The molecule has 0 aliphatic carbocycles. The normalized spacial score (nSPS) is 16.5. The number of halogens is 1. The predicted molar refractivity (Wildman–Crippen MR) is 93.7 cm³/mol. The maximum atomic E-state index is 11.1. The average molecular weight is 348 g/mol. The van der Waals surface area contributed by atoms with Gasteiger partial charge in [0.25, 0.3) is 0 Å². The standard InChI is InChI=1S/C18H22ClN3O2/c1-12-17(11-21-9-7-14(8-10-21)18(23)24)13(2)22(20-12)16-5-3-15(19)4-6-16/h3-6,14H,7-11H2,1-2H3,(H,23,24). The molecule has 1 aliphatic heterocycles. The molecular formula is C18H22ClN3O2. The lowest BCUT2D eigenvalue weighted by Crippen LogP contribution is -2.36. The number of carboxylic acid groups (broad SMARTS) is 1. The molecule has 0 saturated carbocycles. The van der Waals surface area contributed by atoms with Gasteiger partial charge in [-0.3, -0.25) is 9.69 Å². The van der Waals surface area contributed by atoms with Gasteiger partial charge in [-0.15, -0.1) is 0 Å². The van der Waals surface area contributed by atoms with E-state index in [2.05, 4.69) is 16.9 Å². The van der Waals surface area contributed by atoms with E-state index in [0.717, 1.165) is 49.6 Å². The molecule has 1 aliphatic rings. The van der Waals surface area contributed by atoms with Crippen molar-refractivity contribution >= 4 is 17.6 Å². The molecule has 128 valence electrons. The van der Waals surface area contributed by atoms with Crippen LogP contribution in [0.3, 0.4) is 0 Å². The summed E-state index contributed by atoms with van der Waals surface area (Å²) in [6.07, 6.45) is 1.44. The van der Waals surface area contributed by atoms with Gasteiger partial charge in [-0.05, 0) is 64.0 Å². The van der Waals surface area contributed by atoms with Crippen LogP contribution in [0.5, 0.6) is 0 Å². The number of carbonyl (C=O) groups is 1. The Morgan fingerprint density at radius 2 is 1.88 bits per heavy atom. The summed E-state index contributed by atoms with van der Waals surface area (Å²) in [5.74, 6) is -0.863. The molecule has 1 aromatic heterocycles. The summed E-state index contributed by atoms with van der Waals surface area (Å²) in [4.78, 5) is 13.4. The Balaban J connectivity index is 1.75. The van der Waals surface area contributed by atoms with Crippen molar-refractivity contribution in [1.82, 2.24) is 14.7 Å². The van der Waals surface area contributed by atoms with Crippen LogP contribution >= 0.6 is 11.6 Å². The van der Waals surface area contributed by atoms with Gasteiger partial charge >= 0.3 is 5.97 Å². The van der Waals surface area contributed by atoms with Crippen molar-refractivity contribution in [3.05, 3.63) is 46.2 Å². The number of likely N-dealkylation sites (tertiary alicyclic amines) is 1. The van der Waals surface area contributed by atoms with Crippen molar-refractivity contribution in [3.63, 3.8) is 0 Å². The summed E-state index contributed by atoms with van der Waals surface area (Å²) in [5.41, 5.74) is 4.35. The number of nitrogens with zero attached hydrogens (tertiary/aromatic N) is 3. The molecule has 0 spiro atoms. The van der Waals surface area contributed by atoms with Crippen molar-refractivity contribution in [1.29, 1.82) is 0 Å². The Hall–Kier alpha value is -1.85. The van der Waals surface area contributed by atoms with Crippen LogP contribution < -0.4 is 0 Å². The molecule has 0 unspecified atom stereocenters. The maximum absolute atomic E-state index is 11.1. The highest BCUT2D eigenvalue weighted by Gasteiger charge is 2.25. The molecule has 1 fully saturated rings. The molecule has 6 heteroatoms. The van der Waals surface area contributed by atoms with E-state index < -0.39 is 5.97 Å². The molecule has 2 heterocycles. The van der Waals surface area contributed by atoms with Gasteiger partial charge in [0.2, 0.25) is 0 Å². The largest absolute Gasteiger partial charge is 0.481 e. The molecule has 2 aromatic rings. The van der Waals surface area contributed by atoms with E-state index in [1.165, 1.54) is 5.56 Å². The van der Waals surface area contributed by atoms with E-state index in [1.807, 2.05) is 35.9 Å². The number of hydrogen-bond acceptors (Lipinski definition) is 3. The van der Waals surface area contributed by atoms with E-state index in [9.17, 15) is 4.79 Å². The lowest BCUT2D eigenvalue weighted by Gasteiger charge is -2.30. The Bertz CT molecular complexity index is 731. The van der Waals surface area contributed by atoms with Crippen LogP contribution in [0.4, 0.5) is 0 Å². The van der Waals surface area contributed by atoms with Crippen molar-refractivity contribution in [2.24, 2.45) is 5.92 Å². The van der Waals surface area contributed by atoms with Crippen molar-refractivity contribution in [2.75, 3.05) is 13.1 Å². The molecule has 0 bridgehead atoms. The van der Waals surface area contributed by atoms with Crippen molar-refractivity contribution in [3.8, 4) is 5.69 Å². The van der Waals surface area contributed by atoms with Crippen LogP contribution in [-0.2, 0) is 11.3 Å². The molecule has 1 aromatic carbocycles. The smallest absolute Gasteiger partial charge is 0.306 e. The second-order valence-electron chi connectivity index (χ2n) is 6.43. The van der Waals surface area contributed by atoms with Crippen LogP contribution in [0, 0.1) is 19.8 Å². The molecule has 24 heavy (non-hydrogen) atoms. The van der Waals surface area contributed by atoms with Gasteiger partial charge in [-0.2, -0.15) is 5.10 Å². The molecule has 1 saturated heterocycles. The fourth-order valence-corrected chi connectivity index (χ4v) is 3.43. The number of benzene rings is 1. The predicted octanol–water partition coefficient (Wildman–Crippen LogP) is 3.44. The Labute approximate surface area is 146 Å². The molecule has 3 rings (SSSR count). The molecule has 0 amide bonds. The zero-order valence-electron chi connectivity index (χ0n) is 14.0. The molecule has 5 nitrogen and oxygen atoms in total. The number of piperidine rings is 1. The summed E-state index contributed by atoms with van der Waals surface area (Å²) in [5, 5.41) is 14.5. The highest BCUT2D eigenvalue weighted by Crippen LogP contribution is 2.24. The minimum atomic E-state index is -0.669. The number of rotatable bonds is 4. The first kappa shape index (κ1) is 17.0. The lowest BCUT2D eigenvalue weighted by atomic mass is 9.96. The first-order valence-electron chi connectivity index (χ1n) is 8.22. The Morgan fingerprint density at radius 3 is 2.46 bits per heavy atom. The van der Waals surface area contributed by atoms with E-state index in [0.29, 0.717) is 5.02 Å². The lowest BCUT2D eigenvalue weighted by molar-refractivity contribution is -0.143. The van der Waals surface area contributed by atoms with Gasteiger partial charge in [-0.25, -0.2) is 4.68 Å². The number of aliphatic carboxylic acids is 1. The zero-order chi connectivity index (χ0) is 17.3. The first-order valence-corrected chi connectivity index (χ1v) is 8.59. The third-order valence-electron chi connectivity index (χ3n) is 4.83. The van der Waals surface area contributed by atoms with Crippen molar-refractivity contribution in [2.45, 2.75) is 33.2 Å². The summed E-state index contributed by atoms with van der Waals surface area (Å²) in [7, 11) is 0. The topological polar surface area (TPSA) is 58.4 Å². The summed E-state index contributed by atoms with van der Waals surface area (Å²) >= 11 is 5.96. The summed E-state index contributed by atoms with van der Waals surface area (Å²) < 4.78 is 1.95. The van der Waals surface area contributed by atoms with Crippen LogP contribution in [0.2, 0.25) is 5.02 Å².